The first kappa shape index (κ1) is 20.0. The summed E-state index contributed by atoms with van der Waals surface area (Å²) in [6.45, 7) is 2.72. The fourth-order valence-corrected chi connectivity index (χ4v) is 4.42. The molecule has 7 nitrogen and oxygen atoms in total. The van der Waals surface area contributed by atoms with Crippen molar-refractivity contribution >= 4 is 16.9 Å². The molecule has 1 aliphatic carbocycles. The van der Waals surface area contributed by atoms with Crippen molar-refractivity contribution in [3.8, 4) is 11.6 Å². The van der Waals surface area contributed by atoms with Crippen LogP contribution in [0, 0.1) is 11.8 Å². The zero-order valence-electron chi connectivity index (χ0n) is 16.8. The highest BCUT2D eigenvalue weighted by atomic mass is 16.5. The van der Waals surface area contributed by atoms with E-state index in [-0.39, 0.29) is 12.5 Å². The minimum absolute atomic E-state index is 0.133. The van der Waals surface area contributed by atoms with Crippen molar-refractivity contribution in [1.82, 2.24) is 10.5 Å². The molecule has 2 heterocycles. The number of carboxylic acid groups (broad SMARTS) is 1. The van der Waals surface area contributed by atoms with Gasteiger partial charge in [-0.05, 0) is 87.2 Å². The molecule has 0 amide bonds. The number of rotatable bonds is 8. The summed E-state index contributed by atoms with van der Waals surface area (Å²) in [4.78, 5) is 10.8. The first-order valence-corrected chi connectivity index (χ1v) is 10.8. The average molecular weight is 402 g/mol. The van der Waals surface area contributed by atoms with Gasteiger partial charge >= 0.3 is 5.97 Å². The van der Waals surface area contributed by atoms with Crippen LogP contribution < -0.4 is 14.8 Å². The molecule has 2 aromatic rings. The predicted molar refractivity (Wildman–Crippen MR) is 108 cm³/mol. The number of aliphatic carboxylic acids is 1. The third kappa shape index (κ3) is 5.21. The molecule has 158 valence electrons. The van der Waals surface area contributed by atoms with E-state index >= 15 is 0 Å². The lowest BCUT2D eigenvalue weighted by molar-refractivity contribution is -0.137. The van der Waals surface area contributed by atoms with Crippen molar-refractivity contribution in [2.24, 2.45) is 11.8 Å². The van der Waals surface area contributed by atoms with Crippen molar-refractivity contribution in [3.63, 3.8) is 0 Å². The number of fused-ring (bicyclic) bond motifs is 1. The Bertz CT molecular complexity index is 807. The monoisotopic (exact) mass is 402 g/mol. The lowest BCUT2D eigenvalue weighted by atomic mass is 9.84. The molecule has 2 fully saturated rings. The smallest absolute Gasteiger partial charge is 0.303 e. The Morgan fingerprint density at radius 3 is 2.69 bits per heavy atom. The van der Waals surface area contributed by atoms with Gasteiger partial charge in [0.1, 0.15) is 11.1 Å². The topological polar surface area (TPSA) is 93.8 Å². The van der Waals surface area contributed by atoms with E-state index in [1.807, 2.05) is 18.2 Å². The maximum Gasteiger partial charge on any atom is 0.303 e. The van der Waals surface area contributed by atoms with Crippen LogP contribution >= 0.6 is 0 Å². The van der Waals surface area contributed by atoms with E-state index in [1.54, 1.807) is 0 Å². The molecule has 0 bridgehead atoms. The summed E-state index contributed by atoms with van der Waals surface area (Å²) < 4.78 is 17.8. The van der Waals surface area contributed by atoms with Gasteiger partial charge in [-0.3, -0.25) is 4.79 Å². The molecule has 1 saturated heterocycles. The Balaban J connectivity index is 1.37. The molecule has 0 spiro atoms. The van der Waals surface area contributed by atoms with Gasteiger partial charge < -0.3 is 24.4 Å². The minimum Gasteiger partial charge on any atom is -0.489 e. The first-order valence-electron chi connectivity index (χ1n) is 10.8. The molecule has 0 radical (unpaired) electrons. The fraction of sp³-hybridized carbons (Fsp3) is 0.636. The number of aromatic nitrogens is 1. The molecule has 2 N–H and O–H groups in total. The Morgan fingerprint density at radius 1 is 1.14 bits per heavy atom. The number of ether oxygens (including phenoxy) is 2. The van der Waals surface area contributed by atoms with Crippen molar-refractivity contribution in [3.05, 3.63) is 18.2 Å². The molecule has 29 heavy (non-hydrogen) atoms. The standard InChI is InChI=1S/C22H30N2O5/c25-20(26)9-6-15-4-7-17(8-5-15)28-18-2-1-3-19-21(18)22(24-29-19)27-14-16-10-12-23-13-11-16/h1-3,15-17,23H,4-14H2,(H,25,26). The quantitative estimate of drug-likeness (QED) is 0.689. The van der Waals surface area contributed by atoms with Crippen LogP contribution in [0.25, 0.3) is 11.0 Å². The van der Waals surface area contributed by atoms with Gasteiger partial charge in [-0.15, -0.1) is 0 Å². The molecule has 0 unspecified atom stereocenters. The Morgan fingerprint density at radius 2 is 1.93 bits per heavy atom. The second kappa shape index (κ2) is 9.48. The molecule has 1 aromatic carbocycles. The van der Waals surface area contributed by atoms with Gasteiger partial charge in [-0.1, -0.05) is 6.07 Å². The van der Waals surface area contributed by atoms with Crippen LogP contribution in [0.15, 0.2) is 22.7 Å². The van der Waals surface area contributed by atoms with Crippen LogP contribution in [0.5, 0.6) is 11.6 Å². The molecule has 1 aliphatic heterocycles. The van der Waals surface area contributed by atoms with Gasteiger partial charge in [-0.25, -0.2) is 0 Å². The second-order valence-electron chi connectivity index (χ2n) is 8.31. The van der Waals surface area contributed by atoms with Crippen molar-refractivity contribution < 1.29 is 23.9 Å². The molecule has 7 heteroatoms. The molecule has 1 saturated carbocycles. The normalized spacial score (nSPS) is 23.2. The summed E-state index contributed by atoms with van der Waals surface area (Å²) in [5.41, 5.74) is 0.679. The van der Waals surface area contributed by atoms with E-state index in [0.29, 0.717) is 29.9 Å². The number of piperidine rings is 1. The van der Waals surface area contributed by atoms with Crippen LogP contribution in [0.3, 0.4) is 0 Å². The summed E-state index contributed by atoms with van der Waals surface area (Å²) in [6, 6.07) is 5.75. The predicted octanol–water partition coefficient (Wildman–Crippen LogP) is 4.01. The number of nitrogens with one attached hydrogen (secondary N) is 1. The van der Waals surface area contributed by atoms with E-state index in [9.17, 15) is 4.79 Å². The van der Waals surface area contributed by atoms with E-state index in [0.717, 1.165) is 69.2 Å². The van der Waals surface area contributed by atoms with Crippen LogP contribution in [-0.4, -0.2) is 42.0 Å². The second-order valence-corrected chi connectivity index (χ2v) is 8.31. The lowest BCUT2D eigenvalue weighted by Crippen LogP contribution is -2.30. The first-order chi connectivity index (χ1) is 14.2. The lowest BCUT2D eigenvalue weighted by Gasteiger charge is -2.29. The maximum absolute atomic E-state index is 10.8. The van der Waals surface area contributed by atoms with Crippen molar-refractivity contribution in [1.29, 1.82) is 0 Å². The number of nitrogens with zero attached hydrogens (tertiary/aromatic N) is 1. The van der Waals surface area contributed by atoms with E-state index < -0.39 is 5.97 Å². The Hall–Kier alpha value is -2.28. The zero-order chi connectivity index (χ0) is 20.1. The van der Waals surface area contributed by atoms with E-state index in [1.165, 1.54) is 0 Å². The van der Waals surface area contributed by atoms with E-state index in [4.69, 9.17) is 19.1 Å². The fourth-order valence-electron chi connectivity index (χ4n) is 4.42. The summed E-state index contributed by atoms with van der Waals surface area (Å²) >= 11 is 0. The van der Waals surface area contributed by atoms with Crippen LogP contribution in [0.4, 0.5) is 0 Å². The van der Waals surface area contributed by atoms with Crippen molar-refractivity contribution in [2.45, 2.75) is 57.5 Å². The van der Waals surface area contributed by atoms with Crippen molar-refractivity contribution in [2.75, 3.05) is 19.7 Å². The summed E-state index contributed by atoms with van der Waals surface area (Å²) in [5, 5.41) is 17.2. The Labute approximate surface area is 170 Å². The summed E-state index contributed by atoms with van der Waals surface area (Å²) in [5.74, 6) is 1.60. The number of carbonyl (C=O) groups is 1. The summed E-state index contributed by atoms with van der Waals surface area (Å²) in [7, 11) is 0. The SMILES string of the molecule is O=C(O)CCC1CCC(Oc2cccc3onc(OCC4CCNCC4)c23)CC1. The molecule has 0 atom stereocenters. The van der Waals surface area contributed by atoms with Gasteiger partial charge in [0.25, 0.3) is 5.88 Å². The molecule has 1 aromatic heterocycles. The minimum atomic E-state index is -0.709. The third-order valence-electron chi connectivity index (χ3n) is 6.20. The Kier molecular flexibility index (Phi) is 6.54. The number of benzene rings is 1. The number of hydrogen-bond acceptors (Lipinski definition) is 6. The highest BCUT2D eigenvalue weighted by molar-refractivity contribution is 5.88. The van der Waals surface area contributed by atoms with Crippen LogP contribution in [0.1, 0.15) is 51.4 Å². The van der Waals surface area contributed by atoms with E-state index in [2.05, 4.69) is 10.5 Å². The van der Waals surface area contributed by atoms with Gasteiger partial charge in [0.2, 0.25) is 0 Å². The highest BCUT2D eigenvalue weighted by Crippen LogP contribution is 2.37. The number of carboxylic acids is 1. The molecule has 4 rings (SSSR count). The van der Waals surface area contributed by atoms with Crippen LogP contribution in [-0.2, 0) is 4.79 Å². The third-order valence-corrected chi connectivity index (χ3v) is 6.20. The van der Waals surface area contributed by atoms with Gasteiger partial charge in [0.05, 0.1) is 12.7 Å². The molecular formula is C22H30N2O5. The largest absolute Gasteiger partial charge is 0.489 e. The number of hydrogen-bond donors (Lipinski definition) is 2. The zero-order valence-corrected chi connectivity index (χ0v) is 16.8. The van der Waals surface area contributed by atoms with Gasteiger partial charge in [-0.2, -0.15) is 0 Å². The molecule has 2 aliphatic rings. The van der Waals surface area contributed by atoms with Gasteiger partial charge in [0, 0.05) is 6.42 Å². The van der Waals surface area contributed by atoms with Crippen LogP contribution in [0.2, 0.25) is 0 Å². The average Bonchev–Trinajstić information content (AvgIpc) is 3.17. The summed E-state index contributed by atoms with van der Waals surface area (Å²) in [6.07, 6.45) is 7.29. The maximum atomic E-state index is 10.8. The van der Waals surface area contributed by atoms with Gasteiger partial charge in [0.15, 0.2) is 5.58 Å². The highest BCUT2D eigenvalue weighted by Gasteiger charge is 2.25. The molecular weight excluding hydrogens is 372 g/mol.